The fraction of sp³-hybridized carbons (Fsp3) is 0.267. The van der Waals surface area contributed by atoms with Gasteiger partial charge in [0.1, 0.15) is 5.76 Å². The van der Waals surface area contributed by atoms with Gasteiger partial charge in [-0.05, 0) is 24.6 Å². The van der Waals surface area contributed by atoms with E-state index in [4.69, 9.17) is 10.2 Å². The van der Waals surface area contributed by atoms with Crippen molar-refractivity contribution in [3.05, 3.63) is 60.1 Å². The van der Waals surface area contributed by atoms with Gasteiger partial charge in [-0.1, -0.05) is 30.3 Å². The van der Waals surface area contributed by atoms with Crippen molar-refractivity contribution in [3.63, 3.8) is 0 Å². The second kappa shape index (κ2) is 6.20. The average molecular weight is 258 g/mol. The van der Waals surface area contributed by atoms with Crippen LogP contribution in [0.25, 0.3) is 0 Å². The molecule has 0 radical (unpaired) electrons. The van der Waals surface area contributed by atoms with Crippen LogP contribution in [0.5, 0.6) is 0 Å². The molecule has 2 atom stereocenters. The number of benzene rings is 1. The van der Waals surface area contributed by atoms with E-state index in [-0.39, 0.29) is 24.4 Å². The molecule has 0 spiro atoms. The standard InChI is InChI=1S/C15H18N2O2/c1-11(14-8-5-9-19-14)17-15(18)10-13(16)12-6-3-2-4-7-12/h2-9,11,13H,10,16H2,1H3,(H,17,18). The Kier molecular flexibility index (Phi) is 4.36. The predicted molar refractivity (Wildman–Crippen MR) is 73.3 cm³/mol. The zero-order valence-electron chi connectivity index (χ0n) is 10.9. The van der Waals surface area contributed by atoms with Crippen molar-refractivity contribution in [1.29, 1.82) is 0 Å². The molecular formula is C15H18N2O2. The van der Waals surface area contributed by atoms with Crippen molar-refractivity contribution in [1.82, 2.24) is 5.32 Å². The average Bonchev–Trinajstić information content (AvgIpc) is 2.93. The van der Waals surface area contributed by atoms with E-state index < -0.39 is 0 Å². The Morgan fingerprint density at radius 2 is 2.00 bits per heavy atom. The van der Waals surface area contributed by atoms with Crippen LogP contribution in [0.2, 0.25) is 0 Å². The minimum atomic E-state index is -0.287. The molecule has 0 aliphatic rings. The Hall–Kier alpha value is -2.07. The van der Waals surface area contributed by atoms with Crippen LogP contribution < -0.4 is 11.1 Å². The van der Waals surface area contributed by atoms with Crippen molar-refractivity contribution in [2.75, 3.05) is 0 Å². The summed E-state index contributed by atoms with van der Waals surface area (Å²) in [5.74, 6) is 0.655. The summed E-state index contributed by atoms with van der Waals surface area (Å²) in [4.78, 5) is 11.9. The number of hydrogen-bond donors (Lipinski definition) is 2. The predicted octanol–water partition coefficient (Wildman–Crippen LogP) is 2.55. The van der Waals surface area contributed by atoms with Crippen LogP contribution in [0.15, 0.2) is 53.1 Å². The van der Waals surface area contributed by atoms with Gasteiger partial charge in [0, 0.05) is 12.5 Å². The number of nitrogens with one attached hydrogen (secondary N) is 1. The maximum Gasteiger partial charge on any atom is 0.222 e. The third-order valence-corrected chi connectivity index (χ3v) is 2.98. The fourth-order valence-electron chi connectivity index (χ4n) is 1.93. The van der Waals surface area contributed by atoms with E-state index in [1.807, 2.05) is 43.3 Å². The van der Waals surface area contributed by atoms with Gasteiger partial charge in [-0.3, -0.25) is 4.79 Å². The van der Waals surface area contributed by atoms with Crippen molar-refractivity contribution in [2.45, 2.75) is 25.4 Å². The molecule has 1 aromatic carbocycles. The summed E-state index contributed by atoms with van der Waals surface area (Å²) >= 11 is 0. The highest BCUT2D eigenvalue weighted by Crippen LogP contribution is 2.16. The lowest BCUT2D eigenvalue weighted by atomic mass is 10.0. The highest BCUT2D eigenvalue weighted by molar-refractivity contribution is 5.77. The third-order valence-electron chi connectivity index (χ3n) is 2.98. The molecule has 1 amide bonds. The molecule has 0 bridgehead atoms. The molecule has 19 heavy (non-hydrogen) atoms. The summed E-state index contributed by atoms with van der Waals surface area (Å²) in [6, 6.07) is 12.8. The first-order valence-corrected chi connectivity index (χ1v) is 6.30. The first-order chi connectivity index (χ1) is 9.16. The van der Waals surface area contributed by atoms with Gasteiger partial charge in [-0.15, -0.1) is 0 Å². The Bertz CT molecular complexity index is 508. The van der Waals surface area contributed by atoms with Crippen LogP contribution in [0.1, 0.15) is 36.8 Å². The van der Waals surface area contributed by atoms with E-state index >= 15 is 0 Å². The van der Waals surface area contributed by atoms with Crippen LogP contribution in [-0.2, 0) is 4.79 Å². The van der Waals surface area contributed by atoms with Crippen LogP contribution in [0.4, 0.5) is 0 Å². The first-order valence-electron chi connectivity index (χ1n) is 6.30. The lowest BCUT2D eigenvalue weighted by Crippen LogP contribution is -2.29. The normalized spacial score (nSPS) is 13.8. The smallest absolute Gasteiger partial charge is 0.222 e. The number of hydrogen-bond acceptors (Lipinski definition) is 3. The second-order valence-corrected chi connectivity index (χ2v) is 4.53. The number of furan rings is 1. The van der Waals surface area contributed by atoms with Crippen molar-refractivity contribution < 1.29 is 9.21 Å². The summed E-state index contributed by atoms with van der Waals surface area (Å²) in [6.07, 6.45) is 1.85. The molecule has 0 saturated heterocycles. The second-order valence-electron chi connectivity index (χ2n) is 4.53. The van der Waals surface area contributed by atoms with Crippen LogP contribution in [0.3, 0.4) is 0 Å². The summed E-state index contributed by atoms with van der Waals surface area (Å²) in [7, 11) is 0. The van der Waals surface area contributed by atoms with Crippen molar-refractivity contribution in [3.8, 4) is 0 Å². The topological polar surface area (TPSA) is 68.3 Å². The van der Waals surface area contributed by atoms with Gasteiger partial charge in [-0.2, -0.15) is 0 Å². The molecule has 1 heterocycles. The van der Waals surface area contributed by atoms with Crippen LogP contribution >= 0.6 is 0 Å². The highest BCUT2D eigenvalue weighted by atomic mass is 16.3. The molecule has 0 fully saturated rings. The summed E-state index contributed by atoms with van der Waals surface area (Å²) in [5, 5.41) is 2.87. The van der Waals surface area contributed by atoms with Crippen LogP contribution in [0, 0.1) is 0 Å². The van der Waals surface area contributed by atoms with Crippen molar-refractivity contribution >= 4 is 5.91 Å². The molecule has 4 heteroatoms. The van der Waals surface area contributed by atoms with Crippen molar-refractivity contribution in [2.24, 2.45) is 5.73 Å². The number of nitrogens with two attached hydrogens (primary N) is 1. The van der Waals surface area contributed by atoms with Gasteiger partial charge in [0.05, 0.1) is 12.3 Å². The van der Waals surface area contributed by atoms with Crippen LogP contribution in [-0.4, -0.2) is 5.91 Å². The molecule has 2 rings (SSSR count). The summed E-state index contributed by atoms with van der Waals surface area (Å²) in [5.41, 5.74) is 6.97. The number of rotatable bonds is 5. The monoisotopic (exact) mass is 258 g/mol. The lowest BCUT2D eigenvalue weighted by molar-refractivity contribution is -0.122. The molecule has 0 aliphatic carbocycles. The van der Waals surface area contributed by atoms with Gasteiger partial charge in [0.2, 0.25) is 5.91 Å². The van der Waals surface area contributed by atoms with Gasteiger partial charge < -0.3 is 15.5 Å². The maximum absolute atomic E-state index is 11.9. The van der Waals surface area contributed by atoms with Gasteiger partial charge in [0.15, 0.2) is 0 Å². The lowest BCUT2D eigenvalue weighted by Gasteiger charge is -2.15. The summed E-state index contributed by atoms with van der Waals surface area (Å²) < 4.78 is 5.24. The van der Waals surface area contributed by atoms with E-state index in [2.05, 4.69) is 5.32 Å². The SMILES string of the molecule is CC(NC(=O)CC(N)c1ccccc1)c1ccco1. The Morgan fingerprint density at radius 3 is 2.63 bits per heavy atom. The van der Waals surface area contributed by atoms with E-state index in [9.17, 15) is 4.79 Å². The van der Waals surface area contributed by atoms with Gasteiger partial charge in [0.25, 0.3) is 0 Å². The van der Waals surface area contributed by atoms with E-state index in [1.165, 1.54) is 0 Å². The highest BCUT2D eigenvalue weighted by Gasteiger charge is 2.15. The quantitative estimate of drug-likeness (QED) is 0.866. The molecule has 100 valence electrons. The van der Waals surface area contributed by atoms with Gasteiger partial charge >= 0.3 is 0 Å². The number of amides is 1. The zero-order valence-corrected chi connectivity index (χ0v) is 10.9. The fourth-order valence-corrected chi connectivity index (χ4v) is 1.93. The number of carbonyl (C=O) groups excluding carboxylic acids is 1. The Balaban J connectivity index is 1.88. The Labute approximate surface area is 112 Å². The molecule has 4 nitrogen and oxygen atoms in total. The number of carbonyl (C=O) groups is 1. The van der Waals surface area contributed by atoms with E-state index in [0.717, 1.165) is 11.3 Å². The summed E-state index contributed by atoms with van der Waals surface area (Å²) in [6.45, 7) is 1.88. The molecule has 3 N–H and O–H groups in total. The van der Waals surface area contributed by atoms with Gasteiger partial charge in [-0.25, -0.2) is 0 Å². The molecule has 0 aliphatic heterocycles. The largest absolute Gasteiger partial charge is 0.467 e. The molecule has 1 aromatic heterocycles. The molecule has 2 unspecified atom stereocenters. The maximum atomic E-state index is 11.9. The Morgan fingerprint density at radius 1 is 1.26 bits per heavy atom. The minimum absolute atomic E-state index is 0.0831. The first kappa shape index (κ1) is 13.4. The molecule has 0 saturated carbocycles. The third kappa shape index (κ3) is 3.69. The molecule has 2 aromatic rings. The minimum Gasteiger partial charge on any atom is -0.467 e. The zero-order chi connectivity index (χ0) is 13.7. The van der Waals surface area contributed by atoms with E-state index in [1.54, 1.807) is 12.3 Å². The molecular weight excluding hydrogens is 240 g/mol. The van der Waals surface area contributed by atoms with E-state index in [0.29, 0.717) is 0 Å².